The number of urea groups is 1. The number of ether oxygens (including phenoxy) is 1. The molecule has 7 nitrogen and oxygen atoms in total. The topological polar surface area (TPSA) is 82.3 Å². The fourth-order valence-electron chi connectivity index (χ4n) is 3.41. The predicted octanol–water partition coefficient (Wildman–Crippen LogP) is 4.00. The number of amides is 2. The monoisotopic (exact) mass is 413 g/mol. The summed E-state index contributed by atoms with van der Waals surface area (Å²) in [6, 6.07) is 8.40. The number of nitriles is 1. The number of alkyl halides is 3. The van der Waals surface area contributed by atoms with E-state index in [1.165, 1.54) is 18.2 Å². The molecule has 0 bridgehead atoms. The van der Waals surface area contributed by atoms with Crippen LogP contribution in [-0.2, 0) is 6.18 Å². The Bertz CT molecular complexity index is 1170. The number of pyridine rings is 2. The standard InChI is InChI=1S/C20H14F3N5O2/c1-30-17-10-26-18(20(21,22)23)6-15(17)27-11-13(7-24)28(19(27)29)16-9-25-8-12-4-2-3-5-14(12)16/h2-6,8-10,13H,11H2,1H3/t13-/m1/s1. The molecule has 4 rings (SSSR count). The fourth-order valence-corrected chi connectivity index (χ4v) is 3.41. The van der Waals surface area contributed by atoms with Crippen molar-refractivity contribution in [1.29, 1.82) is 5.26 Å². The molecular weight excluding hydrogens is 399 g/mol. The highest BCUT2D eigenvalue weighted by molar-refractivity contribution is 6.12. The number of hydrogen-bond acceptors (Lipinski definition) is 5. The van der Waals surface area contributed by atoms with Crippen LogP contribution < -0.4 is 14.5 Å². The Labute approximate surface area is 168 Å². The molecule has 0 aliphatic carbocycles. The lowest BCUT2D eigenvalue weighted by Crippen LogP contribution is -2.35. The Kier molecular flexibility index (Phi) is 4.66. The van der Waals surface area contributed by atoms with Crippen LogP contribution >= 0.6 is 0 Å². The summed E-state index contributed by atoms with van der Waals surface area (Å²) in [5.41, 5.74) is -0.873. The predicted molar refractivity (Wildman–Crippen MR) is 102 cm³/mol. The first-order valence-corrected chi connectivity index (χ1v) is 8.79. The highest BCUT2D eigenvalue weighted by atomic mass is 19.4. The van der Waals surface area contributed by atoms with Gasteiger partial charge in [-0.1, -0.05) is 24.3 Å². The van der Waals surface area contributed by atoms with Crippen molar-refractivity contribution < 1.29 is 22.7 Å². The fraction of sp³-hybridized carbons (Fsp3) is 0.200. The maximum absolute atomic E-state index is 13.3. The minimum atomic E-state index is -4.70. The molecule has 1 atom stereocenters. The molecule has 10 heteroatoms. The summed E-state index contributed by atoms with van der Waals surface area (Å²) in [6.45, 7) is -0.143. The van der Waals surface area contributed by atoms with Crippen molar-refractivity contribution in [2.45, 2.75) is 12.2 Å². The first kappa shape index (κ1) is 19.4. The van der Waals surface area contributed by atoms with Crippen LogP contribution in [0.1, 0.15) is 5.69 Å². The first-order chi connectivity index (χ1) is 14.3. The van der Waals surface area contributed by atoms with Gasteiger partial charge in [-0.15, -0.1) is 0 Å². The summed E-state index contributed by atoms with van der Waals surface area (Å²) >= 11 is 0. The van der Waals surface area contributed by atoms with E-state index in [1.807, 2.05) is 18.2 Å². The van der Waals surface area contributed by atoms with E-state index in [2.05, 4.69) is 9.97 Å². The van der Waals surface area contributed by atoms with Crippen LogP contribution in [0.3, 0.4) is 0 Å². The van der Waals surface area contributed by atoms with Crippen molar-refractivity contribution in [1.82, 2.24) is 9.97 Å². The molecule has 1 aliphatic heterocycles. The highest BCUT2D eigenvalue weighted by Gasteiger charge is 2.42. The van der Waals surface area contributed by atoms with E-state index in [4.69, 9.17) is 4.74 Å². The first-order valence-electron chi connectivity index (χ1n) is 8.79. The van der Waals surface area contributed by atoms with E-state index in [0.717, 1.165) is 22.5 Å². The van der Waals surface area contributed by atoms with Crippen molar-refractivity contribution >= 4 is 28.2 Å². The number of carbonyl (C=O) groups excluding carboxylic acids is 1. The number of rotatable bonds is 3. The van der Waals surface area contributed by atoms with Gasteiger partial charge in [-0.05, 0) is 6.07 Å². The third kappa shape index (κ3) is 3.14. The third-order valence-corrected chi connectivity index (χ3v) is 4.81. The van der Waals surface area contributed by atoms with Crippen LogP contribution in [0.2, 0.25) is 0 Å². The highest BCUT2D eigenvalue weighted by Crippen LogP contribution is 2.39. The van der Waals surface area contributed by atoms with Crippen LogP contribution in [0.15, 0.2) is 48.9 Å². The van der Waals surface area contributed by atoms with E-state index in [1.54, 1.807) is 18.3 Å². The average Bonchev–Trinajstić information content (AvgIpc) is 3.08. The second-order valence-electron chi connectivity index (χ2n) is 6.53. The van der Waals surface area contributed by atoms with Crippen molar-refractivity contribution in [3.8, 4) is 11.8 Å². The summed E-state index contributed by atoms with van der Waals surface area (Å²) in [5, 5.41) is 11.1. The molecule has 0 radical (unpaired) electrons. The van der Waals surface area contributed by atoms with Gasteiger partial charge in [-0.2, -0.15) is 18.4 Å². The van der Waals surface area contributed by atoms with Gasteiger partial charge in [0.25, 0.3) is 0 Å². The lowest BCUT2D eigenvalue weighted by molar-refractivity contribution is -0.141. The molecule has 0 N–H and O–H groups in total. The molecule has 30 heavy (non-hydrogen) atoms. The molecule has 1 fully saturated rings. The van der Waals surface area contributed by atoms with Crippen molar-refractivity contribution in [2.24, 2.45) is 0 Å². The van der Waals surface area contributed by atoms with Crippen LogP contribution in [0.5, 0.6) is 5.75 Å². The quantitative estimate of drug-likeness (QED) is 0.648. The number of carbonyl (C=O) groups is 1. The Morgan fingerprint density at radius 3 is 2.67 bits per heavy atom. The van der Waals surface area contributed by atoms with Gasteiger partial charge in [0.15, 0.2) is 5.75 Å². The number of fused-ring (bicyclic) bond motifs is 1. The van der Waals surface area contributed by atoms with Crippen molar-refractivity contribution in [3.05, 3.63) is 54.6 Å². The van der Waals surface area contributed by atoms with Gasteiger partial charge in [0.1, 0.15) is 11.7 Å². The molecule has 0 unspecified atom stereocenters. The van der Waals surface area contributed by atoms with Crippen LogP contribution in [0, 0.1) is 11.3 Å². The van der Waals surface area contributed by atoms with E-state index < -0.39 is 23.9 Å². The Morgan fingerprint density at radius 1 is 1.20 bits per heavy atom. The summed E-state index contributed by atoms with van der Waals surface area (Å²) in [6.07, 6.45) is -0.703. The Balaban J connectivity index is 1.82. The lowest BCUT2D eigenvalue weighted by atomic mass is 10.1. The smallest absolute Gasteiger partial charge is 0.433 e. The molecule has 1 aliphatic rings. The zero-order valence-electron chi connectivity index (χ0n) is 15.6. The van der Waals surface area contributed by atoms with E-state index in [-0.39, 0.29) is 18.0 Å². The van der Waals surface area contributed by atoms with Gasteiger partial charge in [-0.25, -0.2) is 9.78 Å². The molecule has 2 aromatic heterocycles. The van der Waals surface area contributed by atoms with E-state index in [9.17, 15) is 23.2 Å². The molecule has 2 amide bonds. The largest absolute Gasteiger partial charge is 0.493 e. The number of nitrogens with zero attached hydrogens (tertiary/aromatic N) is 5. The van der Waals surface area contributed by atoms with Gasteiger partial charge >= 0.3 is 12.2 Å². The second-order valence-corrected chi connectivity index (χ2v) is 6.53. The summed E-state index contributed by atoms with van der Waals surface area (Å²) in [7, 11) is 1.27. The Morgan fingerprint density at radius 2 is 1.97 bits per heavy atom. The van der Waals surface area contributed by atoms with Crippen molar-refractivity contribution in [2.75, 3.05) is 23.5 Å². The normalized spacial score (nSPS) is 16.8. The molecule has 3 aromatic rings. The molecule has 0 spiro atoms. The molecule has 0 saturated carbocycles. The summed E-state index contributed by atoms with van der Waals surface area (Å²) < 4.78 is 44.6. The maximum Gasteiger partial charge on any atom is 0.433 e. The van der Waals surface area contributed by atoms with Gasteiger partial charge in [-0.3, -0.25) is 14.8 Å². The number of anilines is 2. The van der Waals surface area contributed by atoms with Gasteiger partial charge < -0.3 is 4.74 Å². The maximum atomic E-state index is 13.3. The van der Waals surface area contributed by atoms with Gasteiger partial charge in [0.2, 0.25) is 0 Å². The molecular formula is C20H14F3N5O2. The summed E-state index contributed by atoms with van der Waals surface area (Å²) in [4.78, 5) is 23.1. The number of halogens is 3. The number of aromatic nitrogens is 2. The van der Waals surface area contributed by atoms with Gasteiger partial charge in [0.05, 0.1) is 43.5 Å². The van der Waals surface area contributed by atoms with Crippen LogP contribution in [0.4, 0.5) is 29.3 Å². The lowest BCUT2D eigenvalue weighted by Gasteiger charge is -2.22. The SMILES string of the molecule is COc1cnc(C(F)(F)F)cc1N1C[C@@H](C#N)N(c2cncc3ccccc23)C1=O. The van der Waals surface area contributed by atoms with Crippen LogP contribution in [-0.4, -0.2) is 35.7 Å². The molecule has 1 aromatic carbocycles. The number of benzene rings is 1. The van der Waals surface area contributed by atoms with Gasteiger partial charge in [0, 0.05) is 17.0 Å². The second kappa shape index (κ2) is 7.18. The van der Waals surface area contributed by atoms with Crippen LogP contribution in [0.25, 0.3) is 10.8 Å². The van der Waals surface area contributed by atoms with Crippen molar-refractivity contribution in [3.63, 3.8) is 0 Å². The zero-order chi connectivity index (χ0) is 21.5. The minimum Gasteiger partial charge on any atom is -0.493 e. The minimum absolute atomic E-state index is 0.00839. The zero-order valence-corrected chi connectivity index (χ0v) is 15.6. The van der Waals surface area contributed by atoms with E-state index in [0.29, 0.717) is 11.1 Å². The number of methoxy groups -OCH3 is 1. The van der Waals surface area contributed by atoms with E-state index >= 15 is 0 Å². The third-order valence-electron chi connectivity index (χ3n) is 4.81. The molecule has 1 saturated heterocycles. The average molecular weight is 413 g/mol. The summed E-state index contributed by atoms with van der Waals surface area (Å²) in [5.74, 6) is -0.00839. The molecule has 3 heterocycles. The molecule has 152 valence electrons. The Hall–Kier alpha value is -3.87. The number of hydrogen-bond donors (Lipinski definition) is 0.